The Morgan fingerprint density at radius 2 is 1.93 bits per heavy atom. The number of likely N-dealkylation sites (N-methyl/N-ethyl adjacent to an activating group) is 1. The number of hydrogen-bond acceptors (Lipinski definition) is 7. The lowest BCUT2D eigenvalue weighted by Gasteiger charge is -2.36. The Labute approximate surface area is 160 Å². The van der Waals surface area contributed by atoms with Crippen molar-refractivity contribution in [3.05, 3.63) is 18.1 Å². The van der Waals surface area contributed by atoms with E-state index in [1.54, 1.807) is 6.33 Å². The Hall–Kier alpha value is -1.35. The van der Waals surface area contributed by atoms with E-state index >= 15 is 0 Å². The number of piperazine rings is 1. The van der Waals surface area contributed by atoms with Gasteiger partial charge in [-0.25, -0.2) is 19.8 Å². The Kier molecular flexibility index (Phi) is 5.59. The second-order valence-corrected chi connectivity index (χ2v) is 8.34. The molecule has 7 nitrogen and oxygen atoms in total. The summed E-state index contributed by atoms with van der Waals surface area (Å²) in [6, 6.07) is 2.25. The Morgan fingerprint density at radius 3 is 2.67 bits per heavy atom. The predicted molar refractivity (Wildman–Crippen MR) is 102 cm³/mol. The van der Waals surface area contributed by atoms with Gasteiger partial charge in [-0.05, 0) is 33.7 Å². The van der Waals surface area contributed by atoms with Crippen molar-refractivity contribution in [1.82, 2.24) is 25.7 Å². The molecule has 1 aromatic rings. The zero-order chi connectivity index (χ0) is 19.0. The van der Waals surface area contributed by atoms with Crippen LogP contribution in [0, 0.1) is 5.92 Å². The summed E-state index contributed by atoms with van der Waals surface area (Å²) in [6.07, 6.45) is 1.60. The highest BCUT2D eigenvalue weighted by Crippen LogP contribution is 2.40. The Balaban J connectivity index is 1.49. The van der Waals surface area contributed by atoms with Gasteiger partial charge < -0.3 is 14.5 Å². The molecule has 150 valence electrons. The van der Waals surface area contributed by atoms with Gasteiger partial charge in [-0.2, -0.15) is 0 Å². The molecule has 0 spiro atoms. The van der Waals surface area contributed by atoms with Gasteiger partial charge in [0.1, 0.15) is 18.3 Å². The van der Waals surface area contributed by atoms with E-state index in [-0.39, 0.29) is 30.2 Å². The van der Waals surface area contributed by atoms with Crippen molar-refractivity contribution in [1.29, 1.82) is 0 Å². The summed E-state index contributed by atoms with van der Waals surface area (Å²) >= 11 is 0. The molecule has 0 aromatic carbocycles. The molecule has 1 aliphatic carbocycles. The van der Waals surface area contributed by atoms with Crippen LogP contribution in [0.4, 0.5) is 10.2 Å². The fourth-order valence-electron chi connectivity index (χ4n) is 4.51. The highest BCUT2D eigenvalue weighted by Gasteiger charge is 2.46. The van der Waals surface area contributed by atoms with Gasteiger partial charge in [0.2, 0.25) is 0 Å². The summed E-state index contributed by atoms with van der Waals surface area (Å²) in [7, 11) is 2.15. The third-order valence-electron chi connectivity index (χ3n) is 6.02. The van der Waals surface area contributed by atoms with Crippen LogP contribution < -0.4 is 15.8 Å². The van der Waals surface area contributed by atoms with Crippen molar-refractivity contribution in [2.75, 3.05) is 38.1 Å². The van der Waals surface area contributed by atoms with Crippen LogP contribution in [-0.2, 0) is 4.74 Å². The molecule has 3 aliphatic rings. The van der Waals surface area contributed by atoms with Crippen LogP contribution in [0.2, 0.25) is 0 Å². The average Bonchev–Trinajstić information content (AvgIpc) is 3.05. The molecule has 1 aromatic heterocycles. The summed E-state index contributed by atoms with van der Waals surface area (Å²) < 4.78 is 20.3. The third kappa shape index (κ3) is 4.08. The monoisotopic (exact) mass is 378 g/mol. The van der Waals surface area contributed by atoms with Crippen LogP contribution in [0.3, 0.4) is 0 Å². The molecule has 4 rings (SSSR count). The van der Waals surface area contributed by atoms with Gasteiger partial charge in [-0.15, -0.1) is 0 Å². The zero-order valence-electron chi connectivity index (χ0n) is 16.4. The first-order chi connectivity index (χ1) is 13.0. The van der Waals surface area contributed by atoms with Crippen molar-refractivity contribution in [3.63, 3.8) is 0 Å². The molecule has 3 heterocycles. The van der Waals surface area contributed by atoms with Gasteiger partial charge in [0.15, 0.2) is 0 Å². The molecule has 0 radical (unpaired) electrons. The summed E-state index contributed by atoms with van der Waals surface area (Å²) in [5.74, 6) is 1.24. The van der Waals surface area contributed by atoms with E-state index in [2.05, 4.69) is 43.7 Å². The van der Waals surface area contributed by atoms with Crippen molar-refractivity contribution in [3.8, 4) is 0 Å². The van der Waals surface area contributed by atoms with Crippen LogP contribution in [-0.4, -0.2) is 72.5 Å². The number of fused-ring (bicyclic) bond motifs is 1. The number of nitrogens with one attached hydrogen (secondary N) is 2. The Bertz CT molecular complexity index is 638. The van der Waals surface area contributed by atoms with E-state index in [9.17, 15) is 4.39 Å². The minimum absolute atomic E-state index is 0.0356. The molecule has 5 atom stereocenters. The summed E-state index contributed by atoms with van der Waals surface area (Å²) in [5.41, 5.74) is 7.62. The first kappa shape index (κ1) is 19.0. The maximum atomic E-state index is 14.5. The number of aromatic nitrogens is 2. The maximum Gasteiger partial charge on any atom is 0.132 e. The average molecular weight is 378 g/mol. The van der Waals surface area contributed by atoms with Gasteiger partial charge in [0, 0.05) is 44.2 Å². The molecular formula is C19H31FN6O. The number of hydrogen-bond donors (Lipinski definition) is 2. The largest absolute Gasteiger partial charge is 0.373 e. The second kappa shape index (κ2) is 7.95. The summed E-state index contributed by atoms with van der Waals surface area (Å²) in [6.45, 7) is 7.97. The molecule has 0 bridgehead atoms. The van der Waals surface area contributed by atoms with Gasteiger partial charge in [0.05, 0.1) is 23.9 Å². The molecule has 1 saturated carbocycles. The highest BCUT2D eigenvalue weighted by molar-refractivity contribution is 5.40. The number of halogens is 1. The van der Waals surface area contributed by atoms with E-state index in [1.165, 1.54) is 0 Å². The van der Waals surface area contributed by atoms with Crippen LogP contribution >= 0.6 is 0 Å². The summed E-state index contributed by atoms with van der Waals surface area (Å²) in [5, 5.41) is 0. The van der Waals surface area contributed by atoms with E-state index in [0.717, 1.165) is 37.7 Å². The number of nitrogens with zero attached hydrogens (tertiary/aromatic N) is 4. The van der Waals surface area contributed by atoms with Gasteiger partial charge >= 0.3 is 0 Å². The van der Waals surface area contributed by atoms with Crippen LogP contribution in [0.5, 0.6) is 0 Å². The lowest BCUT2D eigenvalue weighted by atomic mass is 9.78. The normalized spacial score (nSPS) is 34.9. The summed E-state index contributed by atoms with van der Waals surface area (Å²) in [4.78, 5) is 13.7. The van der Waals surface area contributed by atoms with Crippen LogP contribution in [0.25, 0.3) is 0 Å². The van der Waals surface area contributed by atoms with Crippen molar-refractivity contribution >= 4 is 5.82 Å². The molecule has 3 fully saturated rings. The smallest absolute Gasteiger partial charge is 0.132 e. The molecule has 5 unspecified atom stereocenters. The first-order valence-corrected chi connectivity index (χ1v) is 10.1. The SMILES string of the molecule is CC(C)OC1CC2C(CC1F)NNC2c1cc(N2CCN(C)CC2)ncn1. The minimum atomic E-state index is -0.923. The predicted octanol–water partition coefficient (Wildman–Crippen LogP) is 1.29. The van der Waals surface area contributed by atoms with Crippen LogP contribution in [0.1, 0.15) is 38.4 Å². The van der Waals surface area contributed by atoms with Gasteiger partial charge in [0.25, 0.3) is 0 Å². The fourth-order valence-corrected chi connectivity index (χ4v) is 4.51. The second-order valence-electron chi connectivity index (χ2n) is 8.34. The van der Waals surface area contributed by atoms with Crippen LogP contribution in [0.15, 0.2) is 12.4 Å². The number of anilines is 1. The number of rotatable bonds is 4. The molecule has 0 amide bonds. The lowest BCUT2D eigenvalue weighted by molar-refractivity contribution is -0.0708. The fraction of sp³-hybridized carbons (Fsp3) is 0.789. The van der Waals surface area contributed by atoms with E-state index < -0.39 is 6.17 Å². The minimum Gasteiger partial charge on any atom is -0.373 e. The van der Waals surface area contributed by atoms with Crippen molar-refractivity contribution in [2.45, 2.75) is 57.2 Å². The molecule has 2 N–H and O–H groups in total. The number of hydrazine groups is 1. The number of alkyl halides is 1. The van der Waals surface area contributed by atoms with E-state index in [1.807, 2.05) is 13.8 Å². The molecule has 2 saturated heterocycles. The molecule has 27 heavy (non-hydrogen) atoms. The van der Waals surface area contributed by atoms with E-state index in [4.69, 9.17) is 4.74 Å². The quantitative estimate of drug-likeness (QED) is 0.818. The van der Waals surface area contributed by atoms with E-state index in [0.29, 0.717) is 12.8 Å². The molecule has 2 aliphatic heterocycles. The zero-order valence-corrected chi connectivity index (χ0v) is 16.4. The van der Waals surface area contributed by atoms with Gasteiger partial charge in [-0.3, -0.25) is 5.43 Å². The molecular weight excluding hydrogens is 347 g/mol. The van der Waals surface area contributed by atoms with Crippen molar-refractivity contribution in [2.24, 2.45) is 5.92 Å². The molecule has 8 heteroatoms. The Morgan fingerprint density at radius 1 is 1.15 bits per heavy atom. The third-order valence-corrected chi connectivity index (χ3v) is 6.02. The maximum absolute atomic E-state index is 14.5. The first-order valence-electron chi connectivity index (χ1n) is 10.1. The number of ether oxygens (including phenoxy) is 1. The topological polar surface area (TPSA) is 65.6 Å². The standard InChI is InChI=1S/C19H31FN6O/c1-12(2)27-17-8-13-15(9-14(17)20)23-24-19(13)16-10-18(22-11-21-16)26-6-4-25(3)5-7-26/h10-15,17,19,23-24H,4-9H2,1-3H3. The van der Waals surface area contributed by atoms with Gasteiger partial charge in [-0.1, -0.05) is 0 Å². The lowest BCUT2D eigenvalue weighted by Crippen LogP contribution is -2.45. The highest BCUT2D eigenvalue weighted by atomic mass is 19.1. The van der Waals surface area contributed by atoms with Crippen molar-refractivity contribution < 1.29 is 9.13 Å².